The van der Waals surface area contributed by atoms with E-state index in [4.69, 9.17) is 9.47 Å². The van der Waals surface area contributed by atoms with Crippen LogP contribution < -0.4 is 9.47 Å². The van der Waals surface area contributed by atoms with Crippen molar-refractivity contribution >= 4 is 11.9 Å². The molecule has 0 spiro atoms. The van der Waals surface area contributed by atoms with E-state index >= 15 is 0 Å². The number of hydrogen-bond donors (Lipinski definition) is 1. The number of hydrogen-bond acceptors (Lipinski definition) is 4. The van der Waals surface area contributed by atoms with Crippen LogP contribution in [0.1, 0.15) is 29.2 Å². The molecule has 6 nitrogen and oxygen atoms in total. The summed E-state index contributed by atoms with van der Waals surface area (Å²) in [6.07, 6.45) is 1.95. The fraction of sp³-hybridized carbons (Fsp3) is 0.310. The van der Waals surface area contributed by atoms with Crippen LogP contribution in [0.2, 0.25) is 0 Å². The Morgan fingerprint density at radius 2 is 1.69 bits per heavy atom. The molecule has 0 fully saturated rings. The molecule has 0 unspecified atom stereocenters. The molecular formula is C29H30FNO5. The highest BCUT2D eigenvalue weighted by Crippen LogP contribution is 2.37. The number of carbonyl (C=O) groups is 2. The Kier molecular flexibility index (Phi) is 7.58. The van der Waals surface area contributed by atoms with Gasteiger partial charge in [-0.05, 0) is 65.9 Å². The van der Waals surface area contributed by atoms with Crippen LogP contribution in [0.5, 0.6) is 11.5 Å². The highest BCUT2D eigenvalue weighted by atomic mass is 19.1. The minimum Gasteiger partial charge on any atom is -0.497 e. The third-order valence-corrected chi connectivity index (χ3v) is 6.40. The van der Waals surface area contributed by atoms with Gasteiger partial charge in [0.25, 0.3) is 0 Å². The summed E-state index contributed by atoms with van der Waals surface area (Å²) in [5.41, 5.74) is 3.34. The molecule has 0 aromatic heterocycles. The van der Waals surface area contributed by atoms with Crippen LogP contribution in [0.4, 0.5) is 4.39 Å². The van der Waals surface area contributed by atoms with Gasteiger partial charge in [0.1, 0.15) is 29.5 Å². The molecule has 7 heteroatoms. The van der Waals surface area contributed by atoms with Crippen molar-refractivity contribution in [2.45, 2.75) is 38.2 Å². The van der Waals surface area contributed by atoms with Crippen molar-refractivity contribution in [3.63, 3.8) is 0 Å². The van der Waals surface area contributed by atoms with Crippen LogP contribution in [-0.4, -0.2) is 47.7 Å². The number of benzene rings is 3. The number of rotatable bonds is 10. The summed E-state index contributed by atoms with van der Waals surface area (Å²) in [6, 6.07) is 19.6. The molecule has 36 heavy (non-hydrogen) atoms. The van der Waals surface area contributed by atoms with Gasteiger partial charge < -0.3 is 19.5 Å². The molecule has 188 valence electrons. The predicted octanol–water partition coefficient (Wildman–Crippen LogP) is 4.47. The van der Waals surface area contributed by atoms with Crippen LogP contribution in [0, 0.1) is 5.82 Å². The van der Waals surface area contributed by atoms with Gasteiger partial charge >= 0.3 is 5.97 Å². The van der Waals surface area contributed by atoms with E-state index < -0.39 is 11.6 Å². The Hall–Kier alpha value is -3.87. The average Bonchev–Trinajstić information content (AvgIpc) is 3.18. The molecule has 3 aromatic carbocycles. The van der Waals surface area contributed by atoms with E-state index in [1.165, 1.54) is 17.0 Å². The monoisotopic (exact) mass is 491 g/mol. The number of methoxy groups -OCH3 is 1. The minimum atomic E-state index is -1.04. The summed E-state index contributed by atoms with van der Waals surface area (Å²) in [7, 11) is 1.60. The number of nitrogens with zero attached hydrogens (tertiary/aromatic N) is 1. The molecule has 1 amide bonds. The first-order chi connectivity index (χ1) is 17.2. The number of aliphatic carboxylic acids is 1. The summed E-state index contributed by atoms with van der Waals surface area (Å²) < 4.78 is 24.6. The summed E-state index contributed by atoms with van der Waals surface area (Å²) in [5, 5.41) is 9.34. The lowest BCUT2D eigenvalue weighted by Crippen LogP contribution is -2.38. The summed E-state index contributed by atoms with van der Waals surface area (Å²) in [4.78, 5) is 25.8. The Labute approximate surface area is 210 Å². The van der Waals surface area contributed by atoms with Crippen molar-refractivity contribution in [2.24, 2.45) is 0 Å². The standard InChI is InChI=1S/C29H30FNO5/c1-29(17-21-3-8-24(30)9-4-21)18-23-15-22(7-12-26(23)36-29)16-27(32)31(19-28(33)34)14-13-20-5-10-25(35-2)11-6-20/h3-12,15H,13-14,16-19H2,1-2H3,(H,33,34)/t29-/m0/s1. The Morgan fingerprint density at radius 3 is 2.36 bits per heavy atom. The first-order valence-electron chi connectivity index (χ1n) is 11.9. The van der Waals surface area contributed by atoms with E-state index in [9.17, 15) is 19.1 Å². The Morgan fingerprint density at radius 1 is 1.03 bits per heavy atom. The lowest BCUT2D eigenvalue weighted by atomic mass is 9.91. The van der Waals surface area contributed by atoms with Gasteiger partial charge in [0.15, 0.2) is 0 Å². The number of amides is 1. The molecule has 1 N–H and O–H groups in total. The number of halogens is 1. The third-order valence-electron chi connectivity index (χ3n) is 6.40. The number of carbonyl (C=O) groups excluding carboxylic acids is 1. The van der Waals surface area contributed by atoms with E-state index in [-0.39, 0.29) is 24.7 Å². The quantitative estimate of drug-likeness (QED) is 0.453. The molecule has 3 aromatic rings. The molecular weight excluding hydrogens is 461 g/mol. The second-order valence-electron chi connectivity index (χ2n) is 9.46. The molecule has 4 rings (SSSR count). The van der Waals surface area contributed by atoms with Crippen LogP contribution in [0.25, 0.3) is 0 Å². The molecule has 1 aliphatic rings. The van der Waals surface area contributed by atoms with Crippen LogP contribution in [0.15, 0.2) is 66.7 Å². The van der Waals surface area contributed by atoms with E-state index in [0.29, 0.717) is 25.8 Å². The second-order valence-corrected chi connectivity index (χ2v) is 9.46. The van der Waals surface area contributed by atoms with E-state index in [0.717, 1.165) is 33.8 Å². The lowest BCUT2D eigenvalue weighted by Gasteiger charge is -2.24. The summed E-state index contributed by atoms with van der Waals surface area (Å²) in [5.74, 6) is -0.0325. The van der Waals surface area contributed by atoms with E-state index in [1.54, 1.807) is 19.2 Å². The summed E-state index contributed by atoms with van der Waals surface area (Å²) in [6.45, 7) is 1.98. The van der Waals surface area contributed by atoms with Gasteiger partial charge in [0.2, 0.25) is 5.91 Å². The zero-order valence-electron chi connectivity index (χ0n) is 20.5. The van der Waals surface area contributed by atoms with Crippen LogP contribution >= 0.6 is 0 Å². The molecule has 0 saturated heterocycles. The third kappa shape index (κ3) is 6.42. The second kappa shape index (κ2) is 10.8. The van der Waals surface area contributed by atoms with Crippen molar-refractivity contribution < 1.29 is 28.6 Å². The first-order valence-corrected chi connectivity index (χ1v) is 11.9. The van der Waals surface area contributed by atoms with Crippen molar-refractivity contribution in [1.82, 2.24) is 4.90 Å². The molecule has 0 radical (unpaired) electrons. The maximum atomic E-state index is 13.2. The van der Waals surface area contributed by atoms with Gasteiger partial charge in [0, 0.05) is 19.4 Å². The number of carboxylic acids is 1. The van der Waals surface area contributed by atoms with Gasteiger partial charge in [-0.2, -0.15) is 0 Å². The van der Waals surface area contributed by atoms with Crippen molar-refractivity contribution in [1.29, 1.82) is 0 Å². The minimum absolute atomic E-state index is 0.109. The Balaban J connectivity index is 1.40. The first kappa shape index (κ1) is 25.2. The SMILES string of the molecule is COc1ccc(CCN(CC(=O)O)C(=O)Cc2ccc3c(c2)C[C@](C)(Cc2ccc(F)cc2)O3)cc1. The molecule has 0 aliphatic carbocycles. The van der Waals surface area contributed by atoms with Crippen molar-refractivity contribution in [3.8, 4) is 11.5 Å². The maximum Gasteiger partial charge on any atom is 0.323 e. The zero-order valence-corrected chi connectivity index (χ0v) is 20.5. The smallest absolute Gasteiger partial charge is 0.323 e. The van der Waals surface area contributed by atoms with Crippen molar-refractivity contribution in [2.75, 3.05) is 20.2 Å². The topological polar surface area (TPSA) is 76.1 Å². The number of fused-ring (bicyclic) bond motifs is 1. The average molecular weight is 492 g/mol. The van der Waals surface area contributed by atoms with Gasteiger partial charge in [-0.3, -0.25) is 9.59 Å². The molecule has 0 bridgehead atoms. The molecule has 1 heterocycles. The van der Waals surface area contributed by atoms with Gasteiger partial charge in [0.05, 0.1) is 13.5 Å². The van der Waals surface area contributed by atoms with Crippen molar-refractivity contribution in [3.05, 3.63) is 94.8 Å². The predicted molar refractivity (Wildman–Crippen MR) is 134 cm³/mol. The Bertz CT molecular complexity index is 1230. The fourth-order valence-corrected chi connectivity index (χ4v) is 4.62. The fourth-order valence-electron chi connectivity index (χ4n) is 4.62. The largest absolute Gasteiger partial charge is 0.497 e. The lowest BCUT2D eigenvalue weighted by molar-refractivity contribution is -0.144. The zero-order chi connectivity index (χ0) is 25.7. The number of ether oxygens (including phenoxy) is 2. The van der Waals surface area contributed by atoms with E-state index in [1.807, 2.05) is 49.4 Å². The molecule has 0 saturated carbocycles. The van der Waals surface area contributed by atoms with Gasteiger partial charge in [-0.25, -0.2) is 4.39 Å². The van der Waals surface area contributed by atoms with Gasteiger partial charge in [-0.1, -0.05) is 36.4 Å². The molecule has 1 aliphatic heterocycles. The maximum absolute atomic E-state index is 13.2. The molecule has 1 atom stereocenters. The summed E-state index contributed by atoms with van der Waals surface area (Å²) >= 11 is 0. The normalized spacial score (nSPS) is 16.2. The highest BCUT2D eigenvalue weighted by molar-refractivity contribution is 5.83. The van der Waals surface area contributed by atoms with Gasteiger partial charge in [-0.15, -0.1) is 0 Å². The van der Waals surface area contributed by atoms with E-state index in [2.05, 4.69) is 0 Å². The highest BCUT2D eigenvalue weighted by Gasteiger charge is 2.35. The van der Waals surface area contributed by atoms with Crippen LogP contribution in [0.3, 0.4) is 0 Å². The number of carboxylic acid groups (broad SMARTS) is 1. The van der Waals surface area contributed by atoms with Crippen LogP contribution in [-0.2, 0) is 35.3 Å².